The second kappa shape index (κ2) is 7.11. The molecule has 0 spiro atoms. The molecular weight excluding hydrogens is 327 g/mol. The Morgan fingerprint density at radius 2 is 2.10 bits per heavy atom. The molecule has 7 heteroatoms. The summed E-state index contributed by atoms with van der Waals surface area (Å²) in [6.45, 7) is 3.58. The third-order valence-electron chi connectivity index (χ3n) is 3.02. The number of halogens is 2. The summed E-state index contributed by atoms with van der Waals surface area (Å²) in [5, 5.41) is 9.02. The molecule has 0 fully saturated rings. The minimum atomic E-state index is 0.496. The smallest absolute Gasteiger partial charge is 0.173 e. The molecule has 0 unspecified atom stereocenters. The highest BCUT2D eigenvalue weighted by atomic mass is 35.5. The molecule has 1 aromatic carbocycles. The standard InChI is InChI=1S/C14H16Cl2N4S/c1-3-20-11(6-7-17-20)9-19(2)14(21)18-10-4-5-12(15)13(16)8-10/h4-8H,3,9H2,1-2H3,(H,18,21). The summed E-state index contributed by atoms with van der Waals surface area (Å²) in [6, 6.07) is 7.31. The SMILES string of the molecule is CCn1nccc1CN(C)C(=S)Nc1ccc(Cl)c(Cl)c1. The van der Waals surface area contributed by atoms with Crippen molar-refractivity contribution in [1.29, 1.82) is 0 Å². The van der Waals surface area contributed by atoms with Crippen LogP contribution >= 0.6 is 35.4 Å². The zero-order valence-electron chi connectivity index (χ0n) is 11.8. The molecule has 0 bridgehead atoms. The Kier molecular flexibility index (Phi) is 5.45. The number of thiocarbonyl (C=S) groups is 1. The summed E-state index contributed by atoms with van der Waals surface area (Å²) >= 11 is 17.3. The van der Waals surface area contributed by atoms with Crippen LogP contribution in [0.15, 0.2) is 30.5 Å². The van der Waals surface area contributed by atoms with Gasteiger partial charge >= 0.3 is 0 Å². The quantitative estimate of drug-likeness (QED) is 0.850. The fraction of sp³-hybridized carbons (Fsp3) is 0.286. The normalized spacial score (nSPS) is 10.5. The van der Waals surface area contributed by atoms with Crippen LogP contribution in [0.1, 0.15) is 12.6 Å². The summed E-state index contributed by atoms with van der Waals surface area (Å²) in [5.74, 6) is 0. The van der Waals surface area contributed by atoms with Gasteiger partial charge in [-0.15, -0.1) is 0 Å². The number of benzene rings is 1. The Balaban J connectivity index is 2.01. The van der Waals surface area contributed by atoms with E-state index in [4.69, 9.17) is 35.4 Å². The molecule has 1 N–H and O–H groups in total. The van der Waals surface area contributed by atoms with Crippen LogP contribution in [-0.4, -0.2) is 26.8 Å². The maximum atomic E-state index is 5.99. The summed E-state index contributed by atoms with van der Waals surface area (Å²) in [7, 11) is 1.93. The van der Waals surface area contributed by atoms with Crippen LogP contribution in [0.2, 0.25) is 10.0 Å². The summed E-state index contributed by atoms with van der Waals surface area (Å²) in [6.07, 6.45) is 1.79. The number of hydrogen-bond donors (Lipinski definition) is 1. The van der Waals surface area contributed by atoms with Crippen molar-refractivity contribution < 1.29 is 0 Å². The van der Waals surface area contributed by atoms with Crippen LogP contribution in [0.4, 0.5) is 5.69 Å². The van der Waals surface area contributed by atoms with E-state index >= 15 is 0 Å². The summed E-state index contributed by atoms with van der Waals surface area (Å²) < 4.78 is 1.94. The highest BCUT2D eigenvalue weighted by molar-refractivity contribution is 7.80. The molecular formula is C14H16Cl2N4S. The van der Waals surface area contributed by atoms with Gasteiger partial charge < -0.3 is 10.2 Å². The number of nitrogens with zero attached hydrogens (tertiary/aromatic N) is 3. The number of rotatable bonds is 4. The van der Waals surface area contributed by atoms with Gasteiger partial charge in [0.2, 0.25) is 0 Å². The molecule has 0 saturated heterocycles. The van der Waals surface area contributed by atoms with E-state index < -0.39 is 0 Å². The average molecular weight is 343 g/mol. The van der Waals surface area contributed by atoms with Gasteiger partial charge in [-0.3, -0.25) is 4.68 Å². The van der Waals surface area contributed by atoms with Crippen LogP contribution in [0.3, 0.4) is 0 Å². The van der Waals surface area contributed by atoms with Gasteiger partial charge in [-0.25, -0.2) is 0 Å². The predicted octanol–water partition coefficient (Wildman–Crippen LogP) is 4.04. The van der Waals surface area contributed by atoms with Crippen molar-refractivity contribution in [3.05, 3.63) is 46.2 Å². The molecule has 2 rings (SSSR count). The number of aromatic nitrogens is 2. The van der Waals surface area contributed by atoms with Gasteiger partial charge in [-0.05, 0) is 43.4 Å². The first kappa shape index (κ1) is 16.1. The van der Waals surface area contributed by atoms with Crippen LogP contribution in [0, 0.1) is 0 Å². The maximum Gasteiger partial charge on any atom is 0.173 e. The summed E-state index contributed by atoms with van der Waals surface area (Å²) in [5.41, 5.74) is 1.92. The third kappa shape index (κ3) is 4.09. The van der Waals surface area contributed by atoms with Crippen LogP contribution < -0.4 is 5.32 Å². The Bertz CT molecular complexity index is 642. The first-order valence-electron chi connectivity index (χ1n) is 6.49. The molecule has 1 aromatic heterocycles. The molecule has 0 aliphatic carbocycles. The van der Waals surface area contributed by atoms with Gasteiger partial charge in [0.1, 0.15) is 0 Å². The average Bonchev–Trinajstić information content (AvgIpc) is 2.90. The lowest BCUT2D eigenvalue weighted by Gasteiger charge is -2.21. The topological polar surface area (TPSA) is 33.1 Å². The Hall–Kier alpha value is -1.30. The largest absolute Gasteiger partial charge is 0.346 e. The van der Waals surface area contributed by atoms with Crippen LogP contribution in [0.5, 0.6) is 0 Å². The second-order valence-corrected chi connectivity index (χ2v) is 5.75. The van der Waals surface area contributed by atoms with Crippen molar-refractivity contribution in [1.82, 2.24) is 14.7 Å². The second-order valence-electron chi connectivity index (χ2n) is 4.55. The molecule has 0 saturated carbocycles. The van der Waals surface area contributed by atoms with Gasteiger partial charge in [-0.1, -0.05) is 23.2 Å². The van der Waals surface area contributed by atoms with Crippen LogP contribution in [-0.2, 0) is 13.1 Å². The van der Waals surface area contributed by atoms with E-state index in [2.05, 4.69) is 17.3 Å². The number of aryl methyl sites for hydroxylation is 1. The third-order valence-corrected chi connectivity index (χ3v) is 4.17. The van der Waals surface area contributed by atoms with Gasteiger partial charge in [0.25, 0.3) is 0 Å². The van der Waals surface area contributed by atoms with Crippen molar-refractivity contribution in [2.45, 2.75) is 20.0 Å². The van der Waals surface area contributed by atoms with E-state index in [9.17, 15) is 0 Å². The molecule has 0 aliphatic rings. The Morgan fingerprint density at radius 1 is 1.33 bits per heavy atom. The van der Waals surface area contributed by atoms with Gasteiger partial charge in [0.05, 0.1) is 22.3 Å². The van der Waals surface area contributed by atoms with E-state index in [0.29, 0.717) is 21.7 Å². The predicted molar refractivity (Wildman–Crippen MR) is 92.1 cm³/mol. The first-order valence-corrected chi connectivity index (χ1v) is 7.65. The van der Waals surface area contributed by atoms with Gasteiger partial charge in [0, 0.05) is 25.5 Å². The van der Waals surface area contributed by atoms with Gasteiger partial charge in [0.15, 0.2) is 5.11 Å². The Labute approximate surface area is 139 Å². The number of hydrogen-bond acceptors (Lipinski definition) is 2. The lowest BCUT2D eigenvalue weighted by molar-refractivity contribution is 0.471. The minimum Gasteiger partial charge on any atom is -0.346 e. The van der Waals surface area contributed by atoms with Crippen molar-refractivity contribution >= 4 is 46.2 Å². The van der Waals surface area contributed by atoms with E-state index in [1.807, 2.05) is 28.8 Å². The van der Waals surface area contributed by atoms with Crippen molar-refractivity contribution in [3.63, 3.8) is 0 Å². The summed E-state index contributed by atoms with van der Waals surface area (Å²) in [4.78, 5) is 1.95. The zero-order valence-corrected chi connectivity index (χ0v) is 14.1. The fourth-order valence-corrected chi connectivity index (χ4v) is 2.37. The minimum absolute atomic E-state index is 0.496. The molecule has 112 valence electrons. The highest BCUT2D eigenvalue weighted by Crippen LogP contribution is 2.25. The lowest BCUT2D eigenvalue weighted by atomic mass is 10.3. The monoisotopic (exact) mass is 342 g/mol. The number of nitrogens with one attached hydrogen (secondary N) is 1. The van der Waals surface area contributed by atoms with Crippen molar-refractivity contribution in [2.75, 3.05) is 12.4 Å². The molecule has 0 atom stereocenters. The zero-order chi connectivity index (χ0) is 15.4. The van der Waals surface area contributed by atoms with E-state index in [1.54, 1.807) is 18.3 Å². The lowest BCUT2D eigenvalue weighted by Crippen LogP contribution is -2.31. The van der Waals surface area contributed by atoms with E-state index in [-0.39, 0.29) is 0 Å². The fourth-order valence-electron chi connectivity index (χ4n) is 1.89. The first-order chi connectivity index (χ1) is 10.0. The Morgan fingerprint density at radius 3 is 2.76 bits per heavy atom. The van der Waals surface area contributed by atoms with Crippen molar-refractivity contribution in [2.24, 2.45) is 0 Å². The molecule has 1 heterocycles. The van der Waals surface area contributed by atoms with Gasteiger partial charge in [-0.2, -0.15) is 5.10 Å². The van der Waals surface area contributed by atoms with Crippen molar-refractivity contribution in [3.8, 4) is 0 Å². The highest BCUT2D eigenvalue weighted by Gasteiger charge is 2.09. The van der Waals surface area contributed by atoms with Crippen LogP contribution in [0.25, 0.3) is 0 Å². The molecule has 0 radical (unpaired) electrons. The molecule has 0 amide bonds. The maximum absolute atomic E-state index is 5.99. The van der Waals surface area contributed by atoms with E-state index in [0.717, 1.165) is 17.9 Å². The molecule has 0 aliphatic heterocycles. The van der Waals surface area contributed by atoms with E-state index in [1.165, 1.54) is 0 Å². The molecule has 2 aromatic rings. The molecule has 4 nitrogen and oxygen atoms in total. The number of anilines is 1. The molecule has 21 heavy (non-hydrogen) atoms.